The highest BCUT2D eigenvalue weighted by Gasteiger charge is 2.10. The lowest BCUT2D eigenvalue weighted by molar-refractivity contribution is -0.211. The number of hydrogen-bond donors (Lipinski definition) is 2. The largest absolute Gasteiger partial charge is 0.746 e. The molecule has 0 bridgehead atoms. The van der Waals surface area contributed by atoms with Crippen molar-refractivity contribution in [2.75, 3.05) is 0 Å². The zero-order valence-corrected chi connectivity index (χ0v) is 8.96. The molecule has 0 aliphatic rings. The van der Waals surface area contributed by atoms with E-state index in [4.69, 9.17) is 16.5 Å². The van der Waals surface area contributed by atoms with E-state index in [1.54, 1.807) is 18.2 Å². The Morgan fingerprint density at radius 3 is 2.93 bits per heavy atom. The van der Waals surface area contributed by atoms with Crippen molar-refractivity contribution in [3.63, 3.8) is 0 Å². The molecule has 1 atom stereocenters. The van der Waals surface area contributed by atoms with Gasteiger partial charge in [-0.25, -0.2) is 0 Å². The SMILES string of the molecule is O=P([O-])(O)Oc1c[nH]c2cc(Cl)ccc12. The molecule has 0 fully saturated rings. The molecule has 1 aromatic heterocycles. The normalized spacial score (nSPS) is 15.1. The first-order valence-corrected chi connectivity index (χ1v) is 5.83. The van der Waals surface area contributed by atoms with Crippen LogP contribution in [-0.4, -0.2) is 9.88 Å². The first kappa shape index (κ1) is 10.5. The maximum Gasteiger partial charge on any atom is 0.317 e. The molecular formula is C8H6ClNO4P-. The van der Waals surface area contributed by atoms with Gasteiger partial charge in [0, 0.05) is 16.6 Å². The number of benzene rings is 1. The minimum Gasteiger partial charge on any atom is -0.746 e. The molecule has 1 aromatic carbocycles. The van der Waals surface area contributed by atoms with Crippen molar-refractivity contribution < 1.29 is 18.9 Å². The Balaban J connectivity index is 2.50. The van der Waals surface area contributed by atoms with Gasteiger partial charge < -0.3 is 19.3 Å². The van der Waals surface area contributed by atoms with Crippen LogP contribution in [0.4, 0.5) is 0 Å². The summed E-state index contributed by atoms with van der Waals surface area (Å²) in [5.74, 6) is 0.0440. The molecule has 0 radical (unpaired) electrons. The summed E-state index contributed by atoms with van der Waals surface area (Å²) in [6, 6.07) is 4.81. The Labute approximate surface area is 89.9 Å². The molecule has 1 unspecified atom stereocenters. The molecule has 2 rings (SSSR count). The van der Waals surface area contributed by atoms with Crippen LogP contribution in [0.25, 0.3) is 10.9 Å². The van der Waals surface area contributed by atoms with Gasteiger partial charge in [-0.05, 0) is 18.2 Å². The third kappa shape index (κ3) is 2.33. The van der Waals surface area contributed by atoms with Crippen molar-refractivity contribution >= 4 is 30.3 Å². The van der Waals surface area contributed by atoms with Gasteiger partial charge in [0.05, 0.1) is 5.52 Å². The van der Waals surface area contributed by atoms with Crippen LogP contribution in [0.2, 0.25) is 5.02 Å². The highest BCUT2D eigenvalue weighted by molar-refractivity contribution is 7.45. The third-order valence-electron chi connectivity index (χ3n) is 1.82. The molecule has 15 heavy (non-hydrogen) atoms. The van der Waals surface area contributed by atoms with Crippen molar-refractivity contribution in [2.45, 2.75) is 0 Å². The van der Waals surface area contributed by atoms with E-state index in [0.717, 1.165) is 0 Å². The van der Waals surface area contributed by atoms with E-state index < -0.39 is 7.82 Å². The van der Waals surface area contributed by atoms with E-state index in [0.29, 0.717) is 15.9 Å². The van der Waals surface area contributed by atoms with Gasteiger partial charge in [-0.1, -0.05) is 11.6 Å². The van der Waals surface area contributed by atoms with E-state index in [-0.39, 0.29) is 5.75 Å². The van der Waals surface area contributed by atoms with Gasteiger partial charge >= 0.3 is 7.82 Å². The highest BCUT2D eigenvalue weighted by Crippen LogP contribution is 2.37. The number of H-pyrrole nitrogens is 1. The summed E-state index contributed by atoms with van der Waals surface area (Å²) in [6.45, 7) is 0. The van der Waals surface area contributed by atoms with Gasteiger partial charge in [-0.15, -0.1) is 0 Å². The fraction of sp³-hybridized carbons (Fsp3) is 0. The van der Waals surface area contributed by atoms with Gasteiger partial charge in [0.15, 0.2) is 5.75 Å². The van der Waals surface area contributed by atoms with E-state index in [9.17, 15) is 9.46 Å². The fourth-order valence-corrected chi connectivity index (χ4v) is 1.84. The van der Waals surface area contributed by atoms with Crippen LogP contribution in [0.15, 0.2) is 24.4 Å². The minimum absolute atomic E-state index is 0.0440. The van der Waals surface area contributed by atoms with Crippen LogP contribution in [0.5, 0.6) is 5.75 Å². The third-order valence-corrected chi connectivity index (χ3v) is 2.48. The van der Waals surface area contributed by atoms with E-state index >= 15 is 0 Å². The molecular weight excluding hydrogens is 241 g/mol. The van der Waals surface area contributed by atoms with Gasteiger partial charge in [0.25, 0.3) is 0 Å². The monoisotopic (exact) mass is 246 g/mol. The Bertz CT molecular complexity index is 547. The Kier molecular flexibility index (Phi) is 2.48. The predicted molar refractivity (Wildman–Crippen MR) is 53.8 cm³/mol. The summed E-state index contributed by atoms with van der Waals surface area (Å²) in [5, 5.41) is 1.05. The molecule has 0 amide bonds. The second-order valence-electron chi connectivity index (χ2n) is 2.90. The summed E-state index contributed by atoms with van der Waals surface area (Å²) < 4.78 is 14.9. The van der Waals surface area contributed by atoms with Crippen LogP contribution < -0.4 is 9.42 Å². The first-order valence-electron chi connectivity index (χ1n) is 3.96. The second kappa shape index (κ2) is 3.54. The van der Waals surface area contributed by atoms with Gasteiger partial charge in [0.2, 0.25) is 0 Å². The molecule has 0 aliphatic carbocycles. The fourth-order valence-electron chi connectivity index (χ4n) is 1.27. The Morgan fingerprint density at radius 1 is 1.53 bits per heavy atom. The van der Waals surface area contributed by atoms with E-state index in [1.807, 2.05) is 0 Å². The average molecular weight is 247 g/mol. The average Bonchev–Trinajstić information content (AvgIpc) is 2.45. The lowest BCUT2D eigenvalue weighted by Crippen LogP contribution is -2.05. The molecule has 0 saturated heterocycles. The number of phosphoric acid groups is 1. The van der Waals surface area contributed by atoms with Crippen molar-refractivity contribution in [3.8, 4) is 5.75 Å². The number of phosphoric ester groups is 1. The molecule has 1 heterocycles. The molecule has 5 nitrogen and oxygen atoms in total. The van der Waals surface area contributed by atoms with Crippen LogP contribution in [0.3, 0.4) is 0 Å². The summed E-state index contributed by atoms with van der Waals surface area (Å²) in [7, 11) is -4.77. The Hall–Kier alpha value is -1.00. The van der Waals surface area contributed by atoms with Crippen LogP contribution >= 0.6 is 19.4 Å². The Morgan fingerprint density at radius 2 is 2.27 bits per heavy atom. The summed E-state index contributed by atoms with van der Waals surface area (Å²) >= 11 is 5.73. The molecule has 0 spiro atoms. The molecule has 7 heteroatoms. The number of halogens is 1. The smallest absolute Gasteiger partial charge is 0.317 e. The first-order chi connectivity index (χ1) is 6.96. The quantitative estimate of drug-likeness (QED) is 0.789. The van der Waals surface area contributed by atoms with E-state index in [2.05, 4.69) is 9.51 Å². The lowest BCUT2D eigenvalue weighted by atomic mass is 10.2. The zero-order valence-electron chi connectivity index (χ0n) is 7.31. The maximum absolute atomic E-state index is 10.5. The molecule has 0 saturated carbocycles. The number of aromatic amines is 1. The maximum atomic E-state index is 10.5. The van der Waals surface area contributed by atoms with Crippen molar-refractivity contribution in [3.05, 3.63) is 29.4 Å². The van der Waals surface area contributed by atoms with Crippen molar-refractivity contribution in [1.29, 1.82) is 0 Å². The summed E-state index contributed by atoms with van der Waals surface area (Å²) in [6.07, 6.45) is 1.34. The molecule has 2 aromatic rings. The van der Waals surface area contributed by atoms with Crippen LogP contribution in [0.1, 0.15) is 0 Å². The predicted octanol–water partition coefficient (Wildman–Crippen LogP) is 1.66. The highest BCUT2D eigenvalue weighted by atomic mass is 35.5. The van der Waals surface area contributed by atoms with Gasteiger partial charge in [0.1, 0.15) is 0 Å². The molecule has 2 N–H and O–H groups in total. The lowest BCUT2D eigenvalue weighted by Gasteiger charge is -2.15. The van der Waals surface area contributed by atoms with Crippen LogP contribution in [-0.2, 0) is 4.57 Å². The summed E-state index contributed by atoms with van der Waals surface area (Å²) in [4.78, 5) is 21.8. The standard InChI is InChI=1S/C8H7ClNO4P/c9-5-1-2-6-7(3-5)10-4-8(6)14-15(11,12)13/h1-4,10H,(H2,11,12,13)/p-1. The van der Waals surface area contributed by atoms with Crippen molar-refractivity contribution in [1.82, 2.24) is 4.98 Å². The molecule has 0 aliphatic heterocycles. The minimum atomic E-state index is -4.77. The number of hydrogen-bond acceptors (Lipinski definition) is 3. The zero-order chi connectivity index (χ0) is 11.1. The van der Waals surface area contributed by atoms with E-state index in [1.165, 1.54) is 6.20 Å². The number of aromatic nitrogens is 1. The second-order valence-corrected chi connectivity index (χ2v) is 4.46. The summed E-state index contributed by atoms with van der Waals surface area (Å²) in [5.41, 5.74) is 0.631. The number of nitrogens with one attached hydrogen (secondary N) is 1. The molecule has 80 valence electrons. The van der Waals surface area contributed by atoms with Crippen LogP contribution in [0, 0.1) is 0 Å². The number of rotatable bonds is 2. The topological polar surface area (TPSA) is 85.4 Å². The van der Waals surface area contributed by atoms with Crippen molar-refractivity contribution in [2.24, 2.45) is 0 Å². The van der Waals surface area contributed by atoms with Gasteiger partial charge in [-0.3, -0.25) is 4.57 Å². The van der Waals surface area contributed by atoms with Gasteiger partial charge in [-0.2, -0.15) is 0 Å². The number of fused-ring (bicyclic) bond motifs is 1.